The van der Waals surface area contributed by atoms with Crippen molar-refractivity contribution in [2.45, 2.75) is 37.7 Å². The molecule has 1 fully saturated rings. The van der Waals surface area contributed by atoms with Crippen LogP contribution in [0.4, 0.5) is 0 Å². The van der Waals surface area contributed by atoms with Crippen LogP contribution in [0.25, 0.3) is 0 Å². The van der Waals surface area contributed by atoms with Gasteiger partial charge in [-0.15, -0.1) is 11.6 Å². The highest BCUT2D eigenvalue weighted by molar-refractivity contribution is 6.30. The van der Waals surface area contributed by atoms with Gasteiger partial charge in [-0.1, -0.05) is 6.92 Å². The van der Waals surface area contributed by atoms with Crippen molar-refractivity contribution in [3.05, 3.63) is 0 Å². The number of nitrogens with zero attached hydrogens (tertiary/aromatic N) is 1. The minimum atomic E-state index is -0.426. The number of aliphatic hydroxyl groups excluding tert-OH is 1. The molecule has 0 spiro atoms. The molecule has 13 heavy (non-hydrogen) atoms. The fourth-order valence-corrected chi connectivity index (χ4v) is 1.67. The lowest BCUT2D eigenvalue weighted by molar-refractivity contribution is -0.133. The Bertz CT molecular complexity index is 186. The third-order valence-corrected chi connectivity index (χ3v) is 2.83. The molecular formula is C9H16ClNO2. The summed E-state index contributed by atoms with van der Waals surface area (Å²) < 4.78 is 0. The number of carbonyl (C=O) groups is 1. The van der Waals surface area contributed by atoms with Gasteiger partial charge in [0.1, 0.15) is 5.38 Å². The number of amides is 1. The second-order valence-corrected chi connectivity index (χ2v) is 3.98. The van der Waals surface area contributed by atoms with E-state index in [1.54, 1.807) is 4.90 Å². The SMILES string of the molecule is CCC(Cl)C(=O)N1CCCC(O)C1. The number of halogens is 1. The van der Waals surface area contributed by atoms with E-state index in [2.05, 4.69) is 0 Å². The molecular weight excluding hydrogens is 190 g/mol. The Kier molecular flexibility index (Phi) is 4.00. The third-order valence-electron chi connectivity index (χ3n) is 2.33. The van der Waals surface area contributed by atoms with Gasteiger partial charge >= 0.3 is 0 Å². The Morgan fingerprint density at radius 3 is 3.00 bits per heavy atom. The van der Waals surface area contributed by atoms with Crippen LogP contribution in [0.5, 0.6) is 0 Å². The van der Waals surface area contributed by atoms with E-state index < -0.39 is 5.38 Å². The monoisotopic (exact) mass is 205 g/mol. The maximum Gasteiger partial charge on any atom is 0.240 e. The van der Waals surface area contributed by atoms with Crippen LogP contribution in [0.15, 0.2) is 0 Å². The highest BCUT2D eigenvalue weighted by Crippen LogP contribution is 2.14. The molecule has 0 aliphatic carbocycles. The maximum atomic E-state index is 11.6. The minimum absolute atomic E-state index is 0.0390. The Balaban J connectivity index is 2.46. The van der Waals surface area contributed by atoms with E-state index >= 15 is 0 Å². The van der Waals surface area contributed by atoms with Crippen LogP contribution in [-0.4, -0.2) is 40.5 Å². The highest BCUT2D eigenvalue weighted by atomic mass is 35.5. The van der Waals surface area contributed by atoms with E-state index in [0.29, 0.717) is 13.0 Å². The molecule has 3 nitrogen and oxygen atoms in total. The second-order valence-electron chi connectivity index (χ2n) is 3.46. The summed E-state index contributed by atoms with van der Waals surface area (Å²) in [5, 5.41) is 8.92. The molecule has 0 bridgehead atoms. The Morgan fingerprint density at radius 2 is 2.46 bits per heavy atom. The zero-order chi connectivity index (χ0) is 9.84. The standard InChI is InChI=1S/C9H16ClNO2/c1-2-8(10)9(13)11-5-3-4-7(12)6-11/h7-8,12H,2-6H2,1H3. The first-order valence-corrected chi connectivity index (χ1v) is 5.19. The predicted molar refractivity (Wildman–Crippen MR) is 51.8 cm³/mol. The van der Waals surface area contributed by atoms with Gasteiger partial charge in [-0.25, -0.2) is 0 Å². The summed E-state index contributed by atoms with van der Waals surface area (Å²) >= 11 is 5.82. The molecule has 2 atom stereocenters. The van der Waals surface area contributed by atoms with Gasteiger partial charge in [0.2, 0.25) is 5.91 Å². The van der Waals surface area contributed by atoms with Crippen molar-refractivity contribution >= 4 is 17.5 Å². The molecule has 1 heterocycles. The molecule has 1 amide bonds. The van der Waals surface area contributed by atoms with E-state index in [0.717, 1.165) is 19.4 Å². The molecule has 4 heteroatoms. The fraction of sp³-hybridized carbons (Fsp3) is 0.889. The number of hydrogen-bond donors (Lipinski definition) is 1. The normalized spacial score (nSPS) is 25.8. The van der Waals surface area contributed by atoms with Crippen LogP contribution in [-0.2, 0) is 4.79 Å². The van der Waals surface area contributed by atoms with Crippen LogP contribution in [0, 0.1) is 0 Å². The minimum Gasteiger partial charge on any atom is -0.391 e. The van der Waals surface area contributed by atoms with Crippen molar-refractivity contribution in [1.29, 1.82) is 0 Å². The average molecular weight is 206 g/mol. The number of carbonyl (C=O) groups excluding carboxylic acids is 1. The zero-order valence-corrected chi connectivity index (χ0v) is 8.63. The summed E-state index contributed by atoms with van der Waals surface area (Å²) in [6.07, 6.45) is 1.95. The molecule has 0 aromatic heterocycles. The summed E-state index contributed by atoms with van der Waals surface area (Å²) in [7, 11) is 0. The quantitative estimate of drug-likeness (QED) is 0.683. The van der Waals surface area contributed by atoms with E-state index in [1.165, 1.54) is 0 Å². The van der Waals surface area contributed by atoms with Crippen LogP contribution in [0.3, 0.4) is 0 Å². The van der Waals surface area contributed by atoms with Gasteiger partial charge in [-0.2, -0.15) is 0 Å². The Hall–Kier alpha value is -0.280. The van der Waals surface area contributed by atoms with Gasteiger partial charge in [-0.3, -0.25) is 4.79 Å². The molecule has 1 N–H and O–H groups in total. The molecule has 0 saturated carbocycles. The molecule has 1 rings (SSSR count). The van der Waals surface area contributed by atoms with E-state index in [4.69, 9.17) is 11.6 Å². The second kappa shape index (κ2) is 4.82. The first-order valence-electron chi connectivity index (χ1n) is 4.76. The number of aliphatic hydroxyl groups is 1. The predicted octanol–water partition coefficient (Wildman–Crippen LogP) is 0.987. The van der Waals surface area contributed by atoms with Crippen molar-refractivity contribution in [3.63, 3.8) is 0 Å². The number of hydrogen-bond acceptors (Lipinski definition) is 2. The third kappa shape index (κ3) is 2.85. The van der Waals surface area contributed by atoms with Crippen molar-refractivity contribution in [2.75, 3.05) is 13.1 Å². The summed E-state index contributed by atoms with van der Waals surface area (Å²) in [6.45, 7) is 3.07. The summed E-state index contributed by atoms with van der Waals surface area (Å²) in [6, 6.07) is 0. The number of β-amino-alcohol motifs (C(OH)–C–C–N with tert-alkyl or cyclic N) is 1. The van der Waals surface area contributed by atoms with Crippen LogP contribution >= 0.6 is 11.6 Å². The van der Waals surface area contributed by atoms with Crippen molar-refractivity contribution in [3.8, 4) is 0 Å². The van der Waals surface area contributed by atoms with Crippen molar-refractivity contribution in [2.24, 2.45) is 0 Å². The first-order chi connectivity index (χ1) is 6.15. The van der Waals surface area contributed by atoms with Crippen molar-refractivity contribution < 1.29 is 9.90 Å². The average Bonchev–Trinajstić information content (AvgIpc) is 2.15. The number of piperidine rings is 1. The van der Waals surface area contributed by atoms with Gasteiger partial charge in [0, 0.05) is 13.1 Å². The smallest absolute Gasteiger partial charge is 0.240 e. The Labute approximate surface area is 83.7 Å². The lowest BCUT2D eigenvalue weighted by atomic mass is 10.1. The fourth-order valence-electron chi connectivity index (χ4n) is 1.53. The van der Waals surface area contributed by atoms with Crippen LogP contribution in [0.1, 0.15) is 26.2 Å². The van der Waals surface area contributed by atoms with Crippen molar-refractivity contribution in [1.82, 2.24) is 4.90 Å². The molecule has 0 aromatic rings. The molecule has 1 saturated heterocycles. The highest BCUT2D eigenvalue weighted by Gasteiger charge is 2.25. The topological polar surface area (TPSA) is 40.5 Å². The van der Waals surface area contributed by atoms with Crippen LogP contribution < -0.4 is 0 Å². The number of alkyl halides is 1. The summed E-state index contributed by atoms with van der Waals surface area (Å²) in [5.41, 5.74) is 0. The zero-order valence-electron chi connectivity index (χ0n) is 7.87. The lowest BCUT2D eigenvalue weighted by Crippen LogP contribution is -2.45. The van der Waals surface area contributed by atoms with Gasteiger partial charge in [-0.05, 0) is 19.3 Å². The number of likely N-dealkylation sites (tertiary alicyclic amines) is 1. The number of rotatable bonds is 2. The maximum absolute atomic E-state index is 11.6. The molecule has 1 aliphatic heterocycles. The van der Waals surface area contributed by atoms with Gasteiger partial charge in [0.05, 0.1) is 6.10 Å². The first kappa shape index (κ1) is 10.8. The molecule has 1 aliphatic rings. The van der Waals surface area contributed by atoms with Gasteiger partial charge in [0.15, 0.2) is 0 Å². The van der Waals surface area contributed by atoms with E-state index in [9.17, 15) is 9.90 Å². The Morgan fingerprint density at radius 1 is 1.77 bits per heavy atom. The molecule has 2 unspecified atom stereocenters. The lowest BCUT2D eigenvalue weighted by Gasteiger charge is -2.31. The molecule has 0 radical (unpaired) electrons. The largest absolute Gasteiger partial charge is 0.391 e. The van der Waals surface area contributed by atoms with E-state index in [1.807, 2.05) is 6.92 Å². The molecule has 0 aromatic carbocycles. The van der Waals surface area contributed by atoms with Gasteiger partial charge < -0.3 is 10.0 Å². The summed E-state index contributed by atoms with van der Waals surface area (Å²) in [5.74, 6) is -0.0390. The summed E-state index contributed by atoms with van der Waals surface area (Å²) in [4.78, 5) is 13.2. The van der Waals surface area contributed by atoms with Gasteiger partial charge in [0.25, 0.3) is 0 Å². The molecule has 76 valence electrons. The van der Waals surface area contributed by atoms with Crippen LogP contribution in [0.2, 0.25) is 0 Å². The van der Waals surface area contributed by atoms with E-state index in [-0.39, 0.29) is 12.0 Å².